The Bertz CT molecular complexity index is 466. The fraction of sp³-hybridized carbons (Fsp3) is 0.500. The number of halogens is 5. The summed E-state index contributed by atoms with van der Waals surface area (Å²) in [5, 5.41) is 0. The molecule has 1 heterocycles. The molecule has 0 bridgehead atoms. The fourth-order valence-corrected chi connectivity index (χ4v) is 2.24. The van der Waals surface area contributed by atoms with Crippen LogP contribution in [0.4, 0.5) is 22.0 Å². The number of likely N-dealkylation sites (tertiary alicyclic amines) is 1. The van der Waals surface area contributed by atoms with Crippen molar-refractivity contribution in [2.45, 2.75) is 19.5 Å². The summed E-state index contributed by atoms with van der Waals surface area (Å²) in [5.41, 5.74) is 4.94. The number of hydrogen-bond donors (Lipinski definition) is 1. The molecule has 19 heavy (non-hydrogen) atoms. The number of benzene rings is 1. The predicted molar refractivity (Wildman–Crippen MR) is 58.6 cm³/mol. The Morgan fingerprint density at radius 2 is 1.42 bits per heavy atom. The van der Waals surface area contributed by atoms with E-state index in [1.165, 1.54) is 0 Å². The molecule has 0 amide bonds. The van der Waals surface area contributed by atoms with Crippen LogP contribution in [0.3, 0.4) is 0 Å². The lowest BCUT2D eigenvalue weighted by atomic mass is 10.1. The van der Waals surface area contributed by atoms with Gasteiger partial charge in [0, 0.05) is 31.2 Å². The summed E-state index contributed by atoms with van der Waals surface area (Å²) >= 11 is 0. The summed E-state index contributed by atoms with van der Waals surface area (Å²) < 4.78 is 65.9. The van der Waals surface area contributed by atoms with Crippen molar-refractivity contribution in [1.82, 2.24) is 4.90 Å². The summed E-state index contributed by atoms with van der Waals surface area (Å²) in [4.78, 5) is 1.58. The average molecular weight is 280 g/mol. The maximum absolute atomic E-state index is 13.5. The molecule has 0 aliphatic carbocycles. The third kappa shape index (κ3) is 2.44. The molecule has 2 N–H and O–H groups in total. The van der Waals surface area contributed by atoms with Gasteiger partial charge in [-0.3, -0.25) is 4.90 Å². The Labute approximate surface area is 107 Å². The molecule has 7 heteroatoms. The second kappa shape index (κ2) is 5.05. The maximum Gasteiger partial charge on any atom is 0.200 e. The molecule has 0 spiro atoms. The highest BCUT2D eigenvalue weighted by atomic mass is 19.2. The van der Waals surface area contributed by atoms with E-state index in [2.05, 4.69) is 0 Å². The average Bonchev–Trinajstić information content (AvgIpc) is 2.69. The Balaban J connectivity index is 2.31. The lowest BCUT2D eigenvalue weighted by Gasteiger charge is -2.17. The van der Waals surface area contributed by atoms with Crippen LogP contribution in [0.15, 0.2) is 0 Å². The highest BCUT2D eigenvalue weighted by Gasteiger charge is 2.31. The van der Waals surface area contributed by atoms with Crippen LogP contribution in [0.5, 0.6) is 0 Å². The molecule has 1 aliphatic heterocycles. The van der Waals surface area contributed by atoms with Crippen LogP contribution in [0.2, 0.25) is 0 Å². The van der Waals surface area contributed by atoms with E-state index in [1.54, 1.807) is 4.90 Å². The lowest BCUT2D eigenvalue weighted by Crippen LogP contribution is -2.29. The van der Waals surface area contributed by atoms with Crippen molar-refractivity contribution in [3.8, 4) is 0 Å². The standard InChI is InChI=1S/C12H13F5N2/c1-5-2-19(4-7(5)18)3-6-8(13)10(15)12(17)11(16)9(6)14/h5,7H,2-4,18H2,1H3. The van der Waals surface area contributed by atoms with Gasteiger partial charge in [0.1, 0.15) is 0 Å². The van der Waals surface area contributed by atoms with Crippen LogP contribution in [0, 0.1) is 35.0 Å². The van der Waals surface area contributed by atoms with Crippen LogP contribution in [0.25, 0.3) is 0 Å². The minimum Gasteiger partial charge on any atom is -0.326 e. The molecule has 1 saturated heterocycles. The zero-order chi connectivity index (χ0) is 14.3. The van der Waals surface area contributed by atoms with Crippen molar-refractivity contribution < 1.29 is 22.0 Å². The summed E-state index contributed by atoms with van der Waals surface area (Å²) in [6.07, 6.45) is 0. The number of rotatable bonds is 2. The fourth-order valence-electron chi connectivity index (χ4n) is 2.24. The van der Waals surface area contributed by atoms with Gasteiger partial charge in [0.15, 0.2) is 23.3 Å². The zero-order valence-corrected chi connectivity index (χ0v) is 10.2. The van der Waals surface area contributed by atoms with E-state index in [0.29, 0.717) is 13.1 Å². The molecule has 0 aromatic heterocycles. The second-order valence-corrected chi connectivity index (χ2v) is 4.88. The second-order valence-electron chi connectivity index (χ2n) is 4.88. The Morgan fingerprint density at radius 1 is 0.947 bits per heavy atom. The topological polar surface area (TPSA) is 29.3 Å². The van der Waals surface area contributed by atoms with Gasteiger partial charge in [0.2, 0.25) is 5.82 Å². The lowest BCUT2D eigenvalue weighted by molar-refractivity contribution is 0.293. The van der Waals surface area contributed by atoms with Crippen molar-refractivity contribution in [1.29, 1.82) is 0 Å². The van der Waals surface area contributed by atoms with E-state index < -0.39 is 34.6 Å². The molecule has 1 aromatic carbocycles. The van der Waals surface area contributed by atoms with Gasteiger partial charge in [-0.25, -0.2) is 22.0 Å². The van der Waals surface area contributed by atoms with Crippen LogP contribution >= 0.6 is 0 Å². The van der Waals surface area contributed by atoms with Crippen molar-refractivity contribution in [2.24, 2.45) is 11.7 Å². The van der Waals surface area contributed by atoms with E-state index in [1.807, 2.05) is 6.92 Å². The minimum atomic E-state index is -2.13. The van der Waals surface area contributed by atoms with Crippen LogP contribution in [-0.2, 0) is 6.54 Å². The van der Waals surface area contributed by atoms with E-state index in [0.717, 1.165) is 0 Å². The van der Waals surface area contributed by atoms with Gasteiger partial charge in [0.25, 0.3) is 0 Å². The summed E-state index contributed by atoms with van der Waals surface area (Å²) in [5.74, 6) is -9.39. The Morgan fingerprint density at radius 3 is 1.84 bits per heavy atom. The first kappa shape index (κ1) is 14.2. The van der Waals surface area contributed by atoms with Crippen molar-refractivity contribution in [3.05, 3.63) is 34.6 Å². The minimum absolute atomic E-state index is 0.112. The highest BCUT2D eigenvalue weighted by Crippen LogP contribution is 2.26. The van der Waals surface area contributed by atoms with Crippen molar-refractivity contribution >= 4 is 0 Å². The third-order valence-corrected chi connectivity index (χ3v) is 3.43. The maximum atomic E-state index is 13.5. The Hall–Kier alpha value is -1.21. The Kier molecular flexibility index (Phi) is 3.78. The SMILES string of the molecule is CC1CN(Cc2c(F)c(F)c(F)c(F)c2F)CC1N. The van der Waals surface area contributed by atoms with Gasteiger partial charge in [-0.1, -0.05) is 6.92 Å². The molecule has 0 saturated carbocycles. The van der Waals surface area contributed by atoms with Crippen molar-refractivity contribution in [2.75, 3.05) is 13.1 Å². The normalized spacial score (nSPS) is 24.2. The molecule has 1 aliphatic rings. The first-order chi connectivity index (χ1) is 8.82. The van der Waals surface area contributed by atoms with Crippen LogP contribution in [-0.4, -0.2) is 24.0 Å². The summed E-state index contributed by atoms with van der Waals surface area (Å²) in [6, 6.07) is -0.165. The quantitative estimate of drug-likeness (QED) is 0.511. The van der Waals surface area contributed by atoms with Crippen LogP contribution in [0.1, 0.15) is 12.5 Å². The van der Waals surface area contributed by atoms with E-state index in [9.17, 15) is 22.0 Å². The predicted octanol–water partition coefficient (Wildman–Crippen LogP) is 2.16. The molecule has 2 rings (SSSR count). The molecule has 0 radical (unpaired) electrons. The van der Waals surface area contributed by atoms with Gasteiger partial charge < -0.3 is 5.73 Å². The van der Waals surface area contributed by atoms with Gasteiger partial charge in [-0.2, -0.15) is 0 Å². The molecule has 1 aromatic rings. The molecule has 1 fully saturated rings. The highest BCUT2D eigenvalue weighted by molar-refractivity contribution is 5.24. The summed E-state index contributed by atoms with van der Waals surface area (Å²) in [7, 11) is 0. The molecular formula is C12H13F5N2. The number of nitrogens with two attached hydrogens (primary N) is 1. The molecule has 2 unspecified atom stereocenters. The molecular weight excluding hydrogens is 267 g/mol. The van der Waals surface area contributed by atoms with Crippen molar-refractivity contribution in [3.63, 3.8) is 0 Å². The van der Waals surface area contributed by atoms with Crippen LogP contribution < -0.4 is 5.73 Å². The first-order valence-corrected chi connectivity index (χ1v) is 5.81. The van der Waals surface area contributed by atoms with E-state index in [4.69, 9.17) is 5.73 Å². The third-order valence-electron chi connectivity index (χ3n) is 3.43. The largest absolute Gasteiger partial charge is 0.326 e. The van der Waals surface area contributed by atoms with E-state index in [-0.39, 0.29) is 18.5 Å². The molecule has 106 valence electrons. The van der Waals surface area contributed by atoms with Gasteiger partial charge in [-0.05, 0) is 5.92 Å². The van der Waals surface area contributed by atoms with E-state index >= 15 is 0 Å². The monoisotopic (exact) mass is 280 g/mol. The first-order valence-electron chi connectivity index (χ1n) is 5.81. The number of hydrogen-bond acceptors (Lipinski definition) is 2. The van der Waals surface area contributed by atoms with Gasteiger partial charge in [-0.15, -0.1) is 0 Å². The smallest absolute Gasteiger partial charge is 0.200 e. The van der Waals surface area contributed by atoms with Gasteiger partial charge >= 0.3 is 0 Å². The molecule has 2 nitrogen and oxygen atoms in total. The number of nitrogens with zero attached hydrogens (tertiary/aromatic N) is 1. The zero-order valence-electron chi connectivity index (χ0n) is 10.2. The van der Waals surface area contributed by atoms with Gasteiger partial charge in [0.05, 0.1) is 0 Å². The summed E-state index contributed by atoms with van der Waals surface area (Å²) in [6.45, 7) is 2.34. The molecule has 2 atom stereocenters.